The van der Waals surface area contributed by atoms with Gasteiger partial charge in [0.2, 0.25) is 0 Å². The molecule has 1 N–H and O–H groups in total. The first-order valence-electron chi connectivity index (χ1n) is 8.53. The zero-order chi connectivity index (χ0) is 18.8. The Morgan fingerprint density at radius 1 is 1.23 bits per heavy atom. The summed E-state index contributed by atoms with van der Waals surface area (Å²) in [4.78, 5) is 12.6. The summed E-state index contributed by atoms with van der Waals surface area (Å²) in [5, 5.41) is 11.9. The first-order chi connectivity index (χ1) is 12.4. The molecule has 0 aliphatic heterocycles. The van der Waals surface area contributed by atoms with E-state index >= 15 is 0 Å². The molecule has 2 heterocycles. The van der Waals surface area contributed by atoms with Crippen molar-refractivity contribution in [3.63, 3.8) is 0 Å². The molecule has 0 aliphatic rings. The van der Waals surface area contributed by atoms with E-state index in [1.807, 2.05) is 31.5 Å². The number of carbonyl (C=O) groups is 1. The highest BCUT2D eigenvalue weighted by atomic mass is 79.9. The summed E-state index contributed by atoms with van der Waals surface area (Å²) in [6.45, 7) is 9.28. The van der Waals surface area contributed by atoms with Crippen LogP contribution in [0, 0.1) is 20.8 Å². The number of nitrogens with zero attached hydrogens (tertiary/aromatic N) is 4. The molecule has 0 saturated carbocycles. The number of hydrogen-bond donors (Lipinski definition) is 1. The Balaban J connectivity index is 1.83. The zero-order valence-corrected chi connectivity index (χ0v) is 17.0. The summed E-state index contributed by atoms with van der Waals surface area (Å²) in [5.74, 6) is -0.245. The summed E-state index contributed by atoms with van der Waals surface area (Å²) < 4.78 is 4.32. The Bertz CT molecular complexity index is 957. The Kier molecular flexibility index (Phi) is 5.27. The van der Waals surface area contributed by atoms with Gasteiger partial charge in [-0.25, -0.2) is 0 Å². The molecular formula is C19H22BrN5O. The third kappa shape index (κ3) is 3.72. The van der Waals surface area contributed by atoms with Crippen LogP contribution in [0.3, 0.4) is 0 Å². The van der Waals surface area contributed by atoms with Crippen molar-refractivity contribution in [3.8, 4) is 0 Å². The third-order valence-corrected chi connectivity index (χ3v) is 4.87. The van der Waals surface area contributed by atoms with E-state index in [-0.39, 0.29) is 5.91 Å². The van der Waals surface area contributed by atoms with Crippen molar-refractivity contribution in [2.24, 2.45) is 0 Å². The molecule has 7 heteroatoms. The minimum atomic E-state index is -0.245. The number of rotatable bonds is 5. The second kappa shape index (κ2) is 7.45. The maximum Gasteiger partial charge on any atom is 0.277 e. The van der Waals surface area contributed by atoms with Crippen LogP contribution in [0.15, 0.2) is 34.9 Å². The van der Waals surface area contributed by atoms with Crippen molar-refractivity contribution in [3.05, 3.63) is 63.1 Å². The normalized spacial score (nSPS) is 11.0. The topological polar surface area (TPSA) is 64.7 Å². The molecule has 3 aromatic rings. The van der Waals surface area contributed by atoms with Crippen molar-refractivity contribution < 1.29 is 4.79 Å². The monoisotopic (exact) mass is 415 g/mol. The van der Waals surface area contributed by atoms with Crippen molar-refractivity contribution in [2.45, 2.75) is 40.8 Å². The number of aromatic nitrogens is 4. The lowest BCUT2D eigenvalue weighted by molar-refractivity contribution is 0.102. The third-order valence-electron chi connectivity index (χ3n) is 4.29. The van der Waals surface area contributed by atoms with Crippen molar-refractivity contribution >= 4 is 27.5 Å². The molecule has 2 aromatic heterocycles. The molecule has 0 unspecified atom stereocenters. The summed E-state index contributed by atoms with van der Waals surface area (Å²) in [6, 6.07) is 8.34. The van der Waals surface area contributed by atoms with Crippen LogP contribution in [0.1, 0.15) is 39.9 Å². The van der Waals surface area contributed by atoms with Gasteiger partial charge in [-0.15, -0.1) is 0 Å². The summed E-state index contributed by atoms with van der Waals surface area (Å²) >= 11 is 3.40. The lowest BCUT2D eigenvalue weighted by Crippen LogP contribution is -2.15. The number of halogens is 1. The quantitative estimate of drug-likeness (QED) is 0.682. The van der Waals surface area contributed by atoms with Gasteiger partial charge in [0.15, 0.2) is 5.69 Å². The molecule has 136 valence electrons. The molecule has 1 amide bonds. The Labute approximate surface area is 161 Å². The minimum Gasteiger partial charge on any atom is -0.317 e. The van der Waals surface area contributed by atoms with Crippen LogP contribution in [0.2, 0.25) is 0 Å². The number of carbonyl (C=O) groups excluding carboxylic acids is 1. The second-order valence-corrected chi connectivity index (χ2v) is 7.18. The van der Waals surface area contributed by atoms with E-state index in [1.54, 1.807) is 10.9 Å². The second-order valence-electron chi connectivity index (χ2n) is 6.33. The largest absolute Gasteiger partial charge is 0.317 e. The van der Waals surface area contributed by atoms with Crippen LogP contribution in [0.4, 0.5) is 5.69 Å². The highest BCUT2D eigenvalue weighted by molar-refractivity contribution is 9.10. The van der Waals surface area contributed by atoms with Gasteiger partial charge in [0.25, 0.3) is 5.91 Å². The molecule has 0 bridgehead atoms. The average Bonchev–Trinajstić information content (AvgIpc) is 3.10. The molecule has 0 saturated heterocycles. The predicted molar refractivity (Wildman–Crippen MR) is 106 cm³/mol. The van der Waals surface area contributed by atoms with E-state index in [0.717, 1.165) is 17.1 Å². The number of anilines is 1. The number of amides is 1. The van der Waals surface area contributed by atoms with Crippen LogP contribution in [0.5, 0.6) is 0 Å². The van der Waals surface area contributed by atoms with Gasteiger partial charge in [-0.1, -0.05) is 29.8 Å². The maximum atomic E-state index is 12.6. The average molecular weight is 416 g/mol. The molecule has 1 aromatic carbocycles. The van der Waals surface area contributed by atoms with Crippen LogP contribution >= 0.6 is 15.9 Å². The number of aryl methyl sites for hydroxylation is 3. The molecule has 0 atom stereocenters. The smallest absolute Gasteiger partial charge is 0.277 e. The summed E-state index contributed by atoms with van der Waals surface area (Å²) in [7, 11) is 0. The first-order valence-corrected chi connectivity index (χ1v) is 9.32. The Morgan fingerprint density at radius 2 is 2.00 bits per heavy atom. The van der Waals surface area contributed by atoms with Crippen LogP contribution in [-0.2, 0) is 13.1 Å². The maximum absolute atomic E-state index is 12.6. The van der Waals surface area contributed by atoms with Crippen LogP contribution in [0.25, 0.3) is 0 Å². The number of nitrogens with one attached hydrogen (secondary N) is 1. The van der Waals surface area contributed by atoms with Crippen molar-refractivity contribution in [1.82, 2.24) is 19.6 Å². The van der Waals surface area contributed by atoms with E-state index in [9.17, 15) is 4.79 Å². The van der Waals surface area contributed by atoms with E-state index in [4.69, 9.17) is 0 Å². The molecule has 0 fully saturated rings. The van der Waals surface area contributed by atoms with E-state index in [0.29, 0.717) is 23.3 Å². The van der Waals surface area contributed by atoms with E-state index in [2.05, 4.69) is 56.6 Å². The highest BCUT2D eigenvalue weighted by Gasteiger charge is 2.19. The first kappa shape index (κ1) is 18.4. The summed E-state index contributed by atoms with van der Waals surface area (Å²) in [5.41, 5.74) is 5.21. The molecule has 0 spiro atoms. The number of benzene rings is 1. The van der Waals surface area contributed by atoms with Gasteiger partial charge in [-0.05, 0) is 49.2 Å². The molecule has 3 rings (SSSR count). The van der Waals surface area contributed by atoms with Crippen molar-refractivity contribution in [2.75, 3.05) is 5.32 Å². The van der Waals surface area contributed by atoms with E-state index < -0.39 is 0 Å². The summed E-state index contributed by atoms with van der Waals surface area (Å²) in [6.07, 6.45) is 1.80. The molecule has 0 aliphatic carbocycles. The molecule has 0 radical (unpaired) electrons. The fourth-order valence-electron chi connectivity index (χ4n) is 2.90. The van der Waals surface area contributed by atoms with Gasteiger partial charge in [-0.3, -0.25) is 14.2 Å². The SMILES string of the molecule is CCn1cc(Br)c(C(=O)Nc2c(C)nn(Cc3cccc(C)c3)c2C)n1. The van der Waals surface area contributed by atoms with Gasteiger partial charge >= 0.3 is 0 Å². The Morgan fingerprint density at radius 3 is 2.65 bits per heavy atom. The van der Waals surface area contributed by atoms with Crippen LogP contribution in [-0.4, -0.2) is 25.5 Å². The lowest BCUT2D eigenvalue weighted by atomic mass is 10.1. The Hall–Kier alpha value is -2.41. The van der Waals surface area contributed by atoms with Gasteiger partial charge in [0, 0.05) is 12.7 Å². The van der Waals surface area contributed by atoms with E-state index in [1.165, 1.54) is 11.1 Å². The van der Waals surface area contributed by atoms with Crippen LogP contribution < -0.4 is 5.32 Å². The minimum absolute atomic E-state index is 0.245. The lowest BCUT2D eigenvalue weighted by Gasteiger charge is -2.07. The zero-order valence-electron chi connectivity index (χ0n) is 15.4. The molecular weight excluding hydrogens is 394 g/mol. The molecule has 6 nitrogen and oxygen atoms in total. The van der Waals surface area contributed by atoms with Gasteiger partial charge in [-0.2, -0.15) is 10.2 Å². The highest BCUT2D eigenvalue weighted by Crippen LogP contribution is 2.23. The van der Waals surface area contributed by atoms with Crippen molar-refractivity contribution in [1.29, 1.82) is 0 Å². The van der Waals surface area contributed by atoms with Gasteiger partial charge in [0.05, 0.1) is 28.1 Å². The predicted octanol–water partition coefficient (Wildman–Crippen LogP) is 4.09. The fourth-order valence-corrected chi connectivity index (χ4v) is 3.40. The standard InChI is InChI=1S/C19H22BrN5O/c1-5-24-11-16(20)18(23-24)19(26)21-17-13(3)22-25(14(17)4)10-15-8-6-7-12(2)9-15/h6-9,11H,5,10H2,1-4H3,(H,21,26). The fraction of sp³-hybridized carbons (Fsp3) is 0.316. The number of hydrogen-bond acceptors (Lipinski definition) is 3. The van der Waals surface area contributed by atoms with Gasteiger partial charge in [0.1, 0.15) is 0 Å². The van der Waals surface area contributed by atoms with Gasteiger partial charge < -0.3 is 5.32 Å². The molecule has 26 heavy (non-hydrogen) atoms.